The summed E-state index contributed by atoms with van der Waals surface area (Å²) in [6.45, 7) is 10.7. The van der Waals surface area contributed by atoms with E-state index in [4.69, 9.17) is 5.11 Å². The minimum Gasteiger partial charge on any atom is -0.395 e. The number of hydrogen-bond acceptors (Lipinski definition) is 3. The quantitative estimate of drug-likeness (QED) is 0.703. The van der Waals surface area contributed by atoms with E-state index in [-0.39, 0.29) is 6.61 Å². The molecular formula is C13H29NO3S. The van der Waals surface area contributed by atoms with Gasteiger partial charge in [0.25, 0.3) is 0 Å². The first kappa shape index (κ1) is 17.9. The highest BCUT2D eigenvalue weighted by Gasteiger charge is 2.27. The Morgan fingerprint density at radius 2 is 1.33 bits per heavy atom. The molecule has 0 heterocycles. The first-order valence-electron chi connectivity index (χ1n) is 6.81. The minimum absolute atomic E-state index is 0.317. The third-order valence-electron chi connectivity index (χ3n) is 3.04. The summed E-state index contributed by atoms with van der Waals surface area (Å²) in [6, 6.07) is 0. The molecule has 18 heavy (non-hydrogen) atoms. The smallest absolute Gasteiger partial charge is 0.218 e. The molecule has 0 rings (SSSR count). The van der Waals surface area contributed by atoms with Gasteiger partial charge in [0, 0.05) is 13.1 Å². The normalized spacial score (nSPS) is 14.7. The number of aliphatic hydroxyl groups is 1. The second-order valence-electron chi connectivity index (χ2n) is 5.80. The van der Waals surface area contributed by atoms with Crippen LogP contribution in [0.15, 0.2) is 0 Å². The number of hydrogen-bond donors (Lipinski definition) is 1. The van der Waals surface area contributed by atoms with E-state index in [9.17, 15) is 8.42 Å². The summed E-state index contributed by atoms with van der Waals surface area (Å²) < 4.78 is 26.1. The Morgan fingerprint density at radius 1 is 0.944 bits per heavy atom. The number of sulfonamides is 1. The van der Waals surface area contributed by atoms with Crippen molar-refractivity contribution in [2.24, 2.45) is 11.8 Å². The van der Waals surface area contributed by atoms with Crippen molar-refractivity contribution in [2.75, 3.05) is 19.7 Å². The van der Waals surface area contributed by atoms with E-state index in [2.05, 4.69) is 27.7 Å². The molecule has 0 aliphatic carbocycles. The maximum atomic E-state index is 12.3. The third kappa shape index (κ3) is 6.16. The lowest BCUT2D eigenvalue weighted by atomic mass is 10.1. The molecule has 0 aromatic rings. The fourth-order valence-electron chi connectivity index (χ4n) is 1.52. The van der Waals surface area contributed by atoms with Crippen LogP contribution >= 0.6 is 0 Å². The van der Waals surface area contributed by atoms with Crippen LogP contribution in [0.3, 0.4) is 0 Å². The summed E-state index contributed by atoms with van der Waals surface area (Å²) in [6.07, 6.45) is 1.71. The first-order valence-corrected chi connectivity index (χ1v) is 8.32. The van der Waals surface area contributed by atoms with Crippen LogP contribution in [0.2, 0.25) is 0 Å². The lowest BCUT2D eigenvalue weighted by Gasteiger charge is -2.26. The van der Waals surface area contributed by atoms with Gasteiger partial charge in [-0.2, -0.15) is 0 Å². The molecule has 0 radical (unpaired) electrons. The van der Waals surface area contributed by atoms with Crippen molar-refractivity contribution in [2.45, 2.75) is 52.7 Å². The maximum absolute atomic E-state index is 12.3. The van der Waals surface area contributed by atoms with Crippen molar-refractivity contribution < 1.29 is 13.5 Å². The molecule has 0 aromatic heterocycles. The zero-order valence-corrected chi connectivity index (χ0v) is 13.2. The largest absolute Gasteiger partial charge is 0.395 e. The van der Waals surface area contributed by atoms with E-state index in [1.165, 1.54) is 0 Å². The van der Waals surface area contributed by atoms with Gasteiger partial charge in [0.1, 0.15) is 0 Å². The summed E-state index contributed by atoms with van der Waals surface area (Å²) in [4.78, 5) is 0. The maximum Gasteiger partial charge on any atom is 0.218 e. The third-order valence-corrected chi connectivity index (χ3v) is 5.29. The van der Waals surface area contributed by atoms with Gasteiger partial charge in [0.05, 0.1) is 11.9 Å². The standard InChI is InChI=1S/C13H29NO3S/c1-11(2)6-8-14(9-7-12(3)4)18(16,17)13(5)10-15/h11-13,15H,6-10H2,1-5H3. The molecule has 1 unspecified atom stereocenters. The van der Waals surface area contributed by atoms with Gasteiger partial charge in [-0.05, 0) is 31.6 Å². The van der Waals surface area contributed by atoms with Crippen LogP contribution in [0, 0.1) is 11.8 Å². The van der Waals surface area contributed by atoms with Gasteiger partial charge >= 0.3 is 0 Å². The Kier molecular flexibility index (Phi) is 8.06. The van der Waals surface area contributed by atoms with Gasteiger partial charge in [-0.3, -0.25) is 0 Å². The first-order chi connectivity index (χ1) is 8.21. The van der Waals surface area contributed by atoms with Gasteiger partial charge in [0.2, 0.25) is 10.0 Å². The summed E-state index contributed by atoms with van der Waals surface area (Å²) in [5.41, 5.74) is 0. The van der Waals surface area contributed by atoms with Crippen LogP contribution in [0.1, 0.15) is 47.5 Å². The molecular weight excluding hydrogens is 250 g/mol. The average Bonchev–Trinajstić information content (AvgIpc) is 2.26. The Morgan fingerprint density at radius 3 is 1.61 bits per heavy atom. The van der Waals surface area contributed by atoms with Gasteiger partial charge in [-0.1, -0.05) is 27.7 Å². The highest BCUT2D eigenvalue weighted by Crippen LogP contribution is 2.14. The van der Waals surface area contributed by atoms with Crippen molar-refractivity contribution in [1.82, 2.24) is 4.31 Å². The Bertz CT molecular complexity index is 300. The SMILES string of the molecule is CC(C)CCN(CCC(C)C)S(=O)(=O)C(C)CO. The van der Waals surface area contributed by atoms with Crippen LogP contribution in [0.4, 0.5) is 0 Å². The molecule has 5 heteroatoms. The van der Waals surface area contributed by atoms with Crippen molar-refractivity contribution >= 4 is 10.0 Å². The monoisotopic (exact) mass is 279 g/mol. The van der Waals surface area contributed by atoms with Crippen LogP contribution < -0.4 is 0 Å². The van der Waals surface area contributed by atoms with E-state index in [1.54, 1.807) is 11.2 Å². The minimum atomic E-state index is -3.36. The molecule has 4 nitrogen and oxygen atoms in total. The molecule has 0 aliphatic heterocycles. The van der Waals surface area contributed by atoms with E-state index in [0.717, 1.165) is 12.8 Å². The Labute approximate surface area is 112 Å². The van der Waals surface area contributed by atoms with E-state index >= 15 is 0 Å². The van der Waals surface area contributed by atoms with Crippen molar-refractivity contribution in [1.29, 1.82) is 0 Å². The number of nitrogens with zero attached hydrogens (tertiary/aromatic N) is 1. The Hall–Kier alpha value is -0.130. The summed E-state index contributed by atoms with van der Waals surface area (Å²) in [5.74, 6) is 0.956. The van der Waals surface area contributed by atoms with Crippen molar-refractivity contribution in [3.63, 3.8) is 0 Å². The molecule has 0 bridgehead atoms. The Balaban J connectivity index is 4.73. The van der Waals surface area contributed by atoms with Crippen molar-refractivity contribution in [3.8, 4) is 0 Å². The van der Waals surface area contributed by atoms with E-state index in [0.29, 0.717) is 24.9 Å². The summed E-state index contributed by atoms with van der Waals surface area (Å²) in [7, 11) is -3.36. The zero-order valence-electron chi connectivity index (χ0n) is 12.4. The van der Waals surface area contributed by atoms with Gasteiger partial charge in [-0.25, -0.2) is 12.7 Å². The topological polar surface area (TPSA) is 57.6 Å². The molecule has 110 valence electrons. The predicted octanol–water partition coefficient (Wildman–Crippen LogP) is 2.09. The second kappa shape index (κ2) is 8.12. The highest BCUT2D eigenvalue weighted by atomic mass is 32.2. The lowest BCUT2D eigenvalue weighted by molar-refractivity contribution is 0.285. The molecule has 0 spiro atoms. The van der Waals surface area contributed by atoms with Crippen LogP contribution in [0.5, 0.6) is 0 Å². The van der Waals surface area contributed by atoms with Gasteiger partial charge in [-0.15, -0.1) is 0 Å². The van der Waals surface area contributed by atoms with Crippen LogP contribution in [-0.4, -0.2) is 42.8 Å². The van der Waals surface area contributed by atoms with Gasteiger partial charge < -0.3 is 5.11 Å². The molecule has 0 fully saturated rings. The summed E-state index contributed by atoms with van der Waals surface area (Å²) >= 11 is 0. The highest BCUT2D eigenvalue weighted by molar-refractivity contribution is 7.89. The van der Waals surface area contributed by atoms with Gasteiger partial charge in [0.15, 0.2) is 0 Å². The lowest BCUT2D eigenvalue weighted by Crippen LogP contribution is -2.41. The molecule has 1 N–H and O–H groups in total. The molecule has 0 saturated heterocycles. The number of aliphatic hydroxyl groups excluding tert-OH is 1. The van der Waals surface area contributed by atoms with Crippen molar-refractivity contribution in [3.05, 3.63) is 0 Å². The second-order valence-corrected chi connectivity index (χ2v) is 8.15. The van der Waals surface area contributed by atoms with Crippen LogP contribution in [0.25, 0.3) is 0 Å². The average molecular weight is 279 g/mol. The predicted molar refractivity (Wildman–Crippen MR) is 76.0 cm³/mol. The summed E-state index contributed by atoms with van der Waals surface area (Å²) in [5, 5.41) is 8.36. The fraction of sp³-hybridized carbons (Fsp3) is 1.00. The fourth-order valence-corrected chi connectivity index (χ4v) is 2.94. The molecule has 0 aromatic carbocycles. The number of rotatable bonds is 9. The molecule has 0 aliphatic rings. The zero-order chi connectivity index (χ0) is 14.3. The van der Waals surface area contributed by atoms with Crippen LogP contribution in [-0.2, 0) is 10.0 Å². The molecule has 1 atom stereocenters. The molecule has 0 amide bonds. The molecule has 0 saturated carbocycles. The van der Waals surface area contributed by atoms with E-state index in [1.807, 2.05) is 0 Å². The van der Waals surface area contributed by atoms with E-state index < -0.39 is 15.3 Å².